The van der Waals surface area contributed by atoms with E-state index < -0.39 is 0 Å². The van der Waals surface area contributed by atoms with Gasteiger partial charge in [-0.15, -0.1) is 24.0 Å². The third-order valence-electron chi connectivity index (χ3n) is 3.76. The molecule has 0 radical (unpaired) electrons. The van der Waals surface area contributed by atoms with Gasteiger partial charge in [-0.1, -0.05) is 31.5 Å². The van der Waals surface area contributed by atoms with Crippen molar-refractivity contribution in [3.8, 4) is 0 Å². The number of benzene rings is 1. The Morgan fingerprint density at radius 1 is 1.38 bits per heavy atom. The molecule has 1 aromatic carbocycles. The Kier molecular flexibility index (Phi) is 8.49. The zero-order chi connectivity index (χ0) is 14.2. The minimum atomic E-state index is 0. The van der Waals surface area contributed by atoms with E-state index in [9.17, 15) is 0 Å². The van der Waals surface area contributed by atoms with Gasteiger partial charge in [0.05, 0.1) is 0 Å². The van der Waals surface area contributed by atoms with Crippen LogP contribution in [0.3, 0.4) is 0 Å². The van der Waals surface area contributed by atoms with Crippen molar-refractivity contribution in [3.05, 3.63) is 30.3 Å². The van der Waals surface area contributed by atoms with Crippen LogP contribution in [0, 0.1) is 5.92 Å². The number of nitrogens with two attached hydrogens (primary N) is 1. The van der Waals surface area contributed by atoms with Gasteiger partial charge < -0.3 is 16.0 Å². The number of unbranched alkanes of at least 4 members (excludes halogenated alkanes) is 1. The monoisotopic (exact) mass is 402 g/mol. The Bertz CT molecular complexity index is 422. The number of nitrogens with zero attached hydrogens (tertiary/aromatic N) is 2. The van der Waals surface area contributed by atoms with E-state index in [-0.39, 0.29) is 24.0 Å². The molecule has 0 aromatic heterocycles. The van der Waals surface area contributed by atoms with Gasteiger partial charge in [0.15, 0.2) is 5.96 Å². The number of anilines is 1. The molecule has 1 unspecified atom stereocenters. The molecule has 1 aliphatic heterocycles. The largest absolute Gasteiger partial charge is 0.371 e. The molecule has 0 amide bonds. The number of aliphatic imine (C=N–C) groups is 1. The molecule has 2 rings (SSSR count). The van der Waals surface area contributed by atoms with E-state index in [0.29, 0.717) is 11.9 Å². The van der Waals surface area contributed by atoms with Crippen LogP contribution >= 0.6 is 24.0 Å². The third-order valence-corrected chi connectivity index (χ3v) is 3.76. The number of para-hydroxylation sites is 1. The molecule has 0 spiro atoms. The van der Waals surface area contributed by atoms with E-state index in [1.807, 2.05) is 0 Å². The van der Waals surface area contributed by atoms with Crippen molar-refractivity contribution in [2.75, 3.05) is 31.1 Å². The van der Waals surface area contributed by atoms with Crippen LogP contribution in [0.2, 0.25) is 0 Å². The second kappa shape index (κ2) is 9.87. The fourth-order valence-corrected chi connectivity index (χ4v) is 2.53. The van der Waals surface area contributed by atoms with Gasteiger partial charge in [-0.05, 0) is 30.9 Å². The zero-order valence-corrected chi connectivity index (χ0v) is 15.1. The van der Waals surface area contributed by atoms with Gasteiger partial charge in [-0.3, -0.25) is 4.99 Å². The lowest BCUT2D eigenvalue weighted by atomic mass is 10.1. The molecule has 1 heterocycles. The molecule has 1 aliphatic rings. The first kappa shape index (κ1) is 18.1. The minimum absolute atomic E-state index is 0. The van der Waals surface area contributed by atoms with E-state index >= 15 is 0 Å². The molecule has 0 saturated carbocycles. The summed E-state index contributed by atoms with van der Waals surface area (Å²) in [5.74, 6) is 1.21. The molecule has 1 fully saturated rings. The lowest BCUT2D eigenvalue weighted by Gasteiger charge is -2.18. The fourth-order valence-electron chi connectivity index (χ4n) is 2.53. The molecule has 0 bridgehead atoms. The van der Waals surface area contributed by atoms with Crippen LogP contribution in [0.4, 0.5) is 5.69 Å². The Morgan fingerprint density at radius 3 is 2.86 bits per heavy atom. The Labute approximate surface area is 145 Å². The third kappa shape index (κ3) is 6.11. The number of hydrogen-bond donors (Lipinski definition) is 2. The van der Waals surface area contributed by atoms with Gasteiger partial charge >= 0.3 is 0 Å². The van der Waals surface area contributed by atoms with Crippen molar-refractivity contribution < 1.29 is 0 Å². The summed E-state index contributed by atoms with van der Waals surface area (Å²) in [4.78, 5) is 6.89. The molecule has 1 saturated heterocycles. The SMILES string of the molecule is CCCCNC(N)=NCC1CCN(c2ccccc2)C1.I. The van der Waals surface area contributed by atoms with Gasteiger partial charge in [-0.2, -0.15) is 0 Å². The van der Waals surface area contributed by atoms with E-state index in [1.165, 1.54) is 18.5 Å². The average Bonchev–Trinajstić information content (AvgIpc) is 2.95. The van der Waals surface area contributed by atoms with Crippen molar-refractivity contribution in [2.45, 2.75) is 26.2 Å². The van der Waals surface area contributed by atoms with Crippen LogP contribution < -0.4 is 16.0 Å². The smallest absolute Gasteiger partial charge is 0.188 e. The molecule has 21 heavy (non-hydrogen) atoms. The van der Waals surface area contributed by atoms with Crippen LogP contribution in [0.25, 0.3) is 0 Å². The van der Waals surface area contributed by atoms with E-state index in [4.69, 9.17) is 5.73 Å². The lowest BCUT2D eigenvalue weighted by Crippen LogP contribution is -2.33. The quantitative estimate of drug-likeness (QED) is 0.333. The Balaban J connectivity index is 0.00000220. The number of halogens is 1. The van der Waals surface area contributed by atoms with Crippen molar-refractivity contribution in [1.82, 2.24) is 5.32 Å². The predicted octanol–water partition coefficient (Wildman–Crippen LogP) is 2.84. The van der Waals surface area contributed by atoms with Gasteiger partial charge in [0.2, 0.25) is 0 Å². The minimum Gasteiger partial charge on any atom is -0.371 e. The predicted molar refractivity (Wildman–Crippen MR) is 102 cm³/mol. The highest BCUT2D eigenvalue weighted by molar-refractivity contribution is 14.0. The van der Waals surface area contributed by atoms with E-state index in [1.54, 1.807) is 0 Å². The zero-order valence-electron chi connectivity index (χ0n) is 12.8. The summed E-state index contributed by atoms with van der Waals surface area (Å²) in [6.07, 6.45) is 3.51. The van der Waals surface area contributed by atoms with Gasteiger partial charge in [0, 0.05) is 31.9 Å². The first-order valence-corrected chi connectivity index (χ1v) is 7.63. The number of nitrogens with one attached hydrogen (secondary N) is 1. The summed E-state index contributed by atoms with van der Waals surface area (Å²) in [5, 5.41) is 3.16. The molecular formula is C16H27IN4. The fraction of sp³-hybridized carbons (Fsp3) is 0.562. The molecule has 3 N–H and O–H groups in total. The van der Waals surface area contributed by atoms with Crippen LogP contribution in [-0.4, -0.2) is 32.1 Å². The standard InChI is InChI=1S/C16H26N4.HI/c1-2-3-10-18-16(17)19-12-14-9-11-20(13-14)15-7-5-4-6-8-15;/h4-8,14H,2-3,9-13H2,1H3,(H3,17,18,19);1H. The van der Waals surface area contributed by atoms with Crippen molar-refractivity contribution in [2.24, 2.45) is 16.6 Å². The molecule has 1 aromatic rings. The number of guanidine groups is 1. The summed E-state index contributed by atoms with van der Waals surface area (Å²) in [6.45, 7) is 6.12. The Morgan fingerprint density at radius 2 is 2.14 bits per heavy atom. The number of rotatable bonds is 6. The number of hydrogen-bond acceptors (Lipinski definition) is 2. The van der Waals surface area contributed by atoms with Crippen molar-refractivity contribution >= 4 is 35.6 Å². The van der Waals surface area contributed by atoms with Crippen LogP contribution in [0.15, 0.2) is 35.3 Å². The van der Waals surface area contributed by atoms with Gasteiger partial charge in [0.25, 0.3) is 0 Å². The van der Waals surface area contributed by atoms with Gasteiger partial charge in [0.1, 0.15) is 0 Å². The lowest BCUT2D eigenvalue weighted by molar-refractivity contribution is 0.601. The normalized spacial score (nSPS) is 18.4. The first-order valence-electron chi connectivity index (χ1n) is 7.63. The van der Waals surface area contributed by atoms with E-state index in [0.717, 1.165) is 32.6 Å². The van der Waals surface area contributed by atoms with Crippen LogP contribution in [0.5, 0.6) is 0 Å². The first-order chi connectivity index (χ1) is 9.79. The molecular weight excluding hydrogens is 375 g/mol. The highest BCUT2D eigenvalue weighted by Crippen LogP contribution is 2.23. The van der Waals surface area contributed by atoms with Gasteiger partial charge in [-0.25, -0.2) is 0 Å². The maximum absolute atomic E-state index is 5.86. The van der Waals surface area contributed by atoms with E-state index in [2.05, 4.69) is 52.5 Å². The summed E-state index contributed by atoms with van der Waals surface area (Å²) in [6, 6.07) is 10.6. The molecule has 118 valence electrons. The van der Waals surface area contributed by atoms with Crippen molar-refractivity contribution in [3.63, 3.8) is 0 Å². The van der Waals surface area contributed by atoms with Crippen molar-refractivity contribution in [1.29, 1.82) is 0 Å². The molecule has 5 heteroatoms. The summed E-state index contributed by atoms with van der Waals surface area (Å²) in [7, 11) is 0. The summed E-state index contributed by atoms with van der Waals surface area (Å²) >= 11 is 0. The second-order valence-corrected chi connectivity index (χ2v) is 5.44. The van der Waals surface area contributed by atoms with Crippen LogP contribution in [-0.2, 0) is 0 Å². The Hall–Kier alpha value is -0.980. The maximum atomic E-state index is 5.86. The summed E-state index contributed by atoms with van der Waals surface area (Å²) < 4.78 is 0. The molecule has 0 aliphatic carbocycles. The topological polar surface area (TPSA) is 53.6 Å². The van der Waals surface area contributed by atoms with Crippen LogP contribution in [0.1, 0.15) is 26.2 Å². The maximum Gasteiger partial charge on any atom is 0.188 e. The molecule has 4 nitrogen and oxygen atoms in total. The molecule has 1 atom stereocenters. The second-order valence-electron chi connectivity index (χ2n) is 5.44. The highest BCUT2D eigenvalue weighted by Gasteiger charge is 2.22. The average molecular weight is 402 g/mol. The summed E-state index contributed by atoms with van der Waals surface area (Å²) in [5.41, 5.74) is 7.18. The highest BCUT2D eigenvalue weighted by atomic mass is 127.